The Hall–Kier alpha value is -1.85. The molecule has 4 nitrogen and oxygen atoms in total. The molecular formula is C16H15BrN2O2. The lowest BCUT2D eigenvalue weighted by Gasteiger charge is -2.18. The predicted molar refractivity (Wildman–Crippen MR) is 85.3 cm³/mol. The summed E-state index contributed by atoms with van der Waals surface area (Å²) in [6, 6.07) is 12.8. The largest absolute Gasteiger partial charge is 0.497 e. The molecule has 1 amide bonds. The number of fused-ring (bicyclic) bond motifs is 1. The van der Waals surface area contributed by atoms with Crippen LogP contribution in [0.15, 0.2) is 46.9 Å². The van der Waals surface area contributed by atoms with Crippen LogP contribution in [-0.2, 0) is 11.3 Å². The maximum absolute atomic E-state index is 12.4. The second kappa shape index (κ2) is 5.50. The van der Waals surface area contributed by atoms with Gasteiger partial charge in [-0.05, 0) is 29.8 Å². The zero-order valence-corrected chi connectivity index (χ0v) is 13.1. The lowest BCUT2D eigenvalue weighted by atomic mass is 10.1. The summed E-state index contributed by atoms with van der Waals surface area (Å²) in [6.07, 6.45) is 0. The van der Waals surface area contributed by atoms with Gasteiger partial charge < -0.3 is 15.4 Å². The van der Waals surface area contributed by atoms with Crippen molar-refractivity contribution in [1.82, 2.24) is 0 Å². The van der Waals surface area contributed by atoms with Crippen molar-refractivity contribution in [3.63, 3.8) is 0 Å². The Kier molecular flexibility index (Phi) is 3.69. The van der Waals surface area contributed by atoms with Gasteiger partial charge in [0.05, 0.1) is 19.3 Å². The molecule has 0 fully saturated rings. The number of halogens is 1. The van der Waals surface area contributed by atoms with Crippen LogP contribution < -0.4 is 15.4 Å². The quantitative estimate of drug-likeness (QED) is 0.929. The molecular weight excluding hydrogens is 332 g/mol. The molecule has 1 heterocycles. The summed E-state index contributed by atoms with van der Waals surface area (Å²) in [5.74, 6) is 0.727. The highest BCUT2D eigenvalue weighted by Crippen LogP contribution is 2.37. The molecule has 1 unspecified atom stereocenters. The minimum absolute atomic E-state index is 0.0704. The normalized spacial score (nSPS) is 17.0. The summed E-state index contributed by atoms with van der Waals surface area (Å²) in [6.45, 7) is 0.500. The number of nitrogens with zero attached hydrogens (tertiary/aromatic N) is 1. The van der Waals surface area contributed by atoms with Gasteiger partial charge in [0.25, 0.3) is 0 Å². The third-order valence-electron chi connectivity index (χ3n) is 3.65. The first kappa shape index (κ1) is 14.1. The summed E-state index contributed by atoms with van der Waals surface area (Å²) in [7, 11) is 1.63. The first-order chi connectivity index (χ1) is 10.1. The third-order valence-corrected chi connectivity index (χ3v) is 4.14. The van der Waals surface area contributed by atoms with E-state index >= 15 is 0 Å². The number of methoxy groups -OCH3 is 1. The van der Waals surface area contributed by atoms with Gasteiger partial charge in [-0.1, -0.05) is 34.1 Å². The number of carbonyl (C=O) groups is 1. The Labute approximate surface area is 131 Å². The number of benzene rings is 2. The molecule has 1 aliphatic rings. The highest BCUT2D eigenvalue weighted by molar-refractivity contribution is 9.10. The molecule has 108 valence electrons. The third kappa shape index (κ3) is 2.54. The fourth-order valence-electron chi connectivity index (χ4n) is 2.51. The first-order valence-corrected chi connectivity index (χ1v) is 7.39. The van der Waals surface area contributed by atoms with Crippen LogP contribution in [0.5, 0.6) is 5.75 Å². The fraction of sp³-hybridized carbons (Fsp3) is 0.188. The minimum atomic E-state index is -0.577. The van der Waals surface area contributed by atoms with Gasteiger partial charge >= 0.3 is 0 Å². The average molecular weight is 347 g/mol. The van der Waals surface area contributed by atoms with Crippen molar-refractivity contribution < 1.29 is 9.53 Å². The molecule has 0 spiro atoms. The van der Waals surface area contributed by atoms with Crippen LogP contribution in [0.4, 0.5) is 5.69 Å². The van der Waals surface area contributed by atoms with Gasteiger partial charge in [-0.3, -0.25) is 4.79 Å². The minimum Gasteiger partial charge on any atom is -0.497 e. The van der Waals surface area contributed by atoms with Gasteiger partial charge in [-0.2, -0.15) is 0 Å². The maximum Gasteiger partial charge on any atom is 0.248 e. The van der Waals surface area contributed by atoms with Crippen molar-refractivity contribution in [1.29, 1.82) is 0 Å². The number of nitrogens with two attached hydrogens (primary N) is 1. The molecule has 1 aliphatic heterocycles. The highest BCUT2D eigenvalue weighted by Gasteiger charge is 2.34. The van der Waals surface area contributed by atoms with Crippen molar-refractivity contribution >= 4 is 27.5 Å². The number of carbonyl (C=O) groups excluding carboxylic acids is 1. The Morgan fingerprint density at radius 3 is 2.62 bits per heavy atom. The summed E-state index contributed by atoms with van der Waals surface area (Å²) in [4.78, 5) is 14.1. The molecule has 2 aromatic carbocycles. The highest BCUT2D eigenvalue weighted by atomic mass is 79.9. The molecule has 0 radical (unpaired) electrons. The molecule has 1 atom stereocenters. The van der Waals surface area contributed by atoms with Crippen LogP contribution in [0, 0.1) is 0 Å². The molecule has 0 saturated carbocycles. The lowest BCUT2D eigenvalue weighted by molar-refractivity contribution is -0.119. The Morgan fingerprint density at radius 2 is 1.95 bits per heavy atom. The molecule has 21 heavy (non-hydrogen) atoms. The van der Waals surface area contributed by atoms with Crippen molar-refractivity contribution in [3.8, 4) is 5.75 Å². The van der Waals surface area contributed by atoms with E-state index in [0.29, 0.717) is 6.54 Å². The zero-order valence-electron chi connectivity index (χ0n) is 11.5. The van der Waals surface area contributed by atoms with E-state index in [1.807, 2.05) is 42.5 Å². The van der Waals surface area contributed by atoms with Crippen LogP contribution in [0.25, 0.3) is 0 Å². The molecule has 2 N–H and O–H groups in total. The molecule has 0 aromatic heterocycles. The first-order valence-electron chi connectivity index (χ1n) is 6.59. The van der Waals surface area contributed by atoms with E-state index in [4.69, 9.17) is 10.5 Å². The molecule has 0 aliphatic carbocycles. The van der Waals surface area contributed by atoms with Crippen molar-refractivity contribution in [2.75, 3.05) is 12.0 Å². The fourth-order valence-corrected chi connectivity index (χ4v) is 2.86. The number of rotatable bonds is 3. The lowest BCUT2D eigenvalue weighted by Crippen LogP contribution is -2.31. The average Bonchev–Trinajstić information content (AvgIpc) is 2.73. The maximum atomic E-state index is 12.4. The number of amides is 1. The van der Waals surface area contributed by atoms with Crippen molar-refractivity contribution in [2.45, 2.75) is 12.6 Å². The zero-order chi connectivity index (χ0) is 15.0. The van der Waals surface area contributed by atoms with E-state index in [9.17, 15) is 4.79 Å². The van der Waals surface area contributed by atoms with Gasteiger partial charge in [-0.15, -0.1) is 0 Å². The van der Waals surface area contributed by atoms with E-state index in [1.54, 1.807) is 12.0 Å². The van der Waals surface area contributed by atoms with Gasteiger partial charge in [0.1, 0.15) is 11.8 Å². The standard InChI is InChI=1S/C16H15BrN2O2/c1-21-12-5-2-10(3-6-12)9-19-14-8-11(17)4-7-13(14)15(18)16(19)20/h2-8,15H,9,18H2,1H3. The van der Waals surface area contributed by atoms with Gasteiger partial charge in [0.2, 0.25) is 5.91 Å². The Balaban J connectivity index is 1.91. The SMILES string of the molecule is COc1ccc(CN2C(=O)C(N)c3ccc(Br)cc32)cc1. The van der Waals surface area contributed by atoms with Crippen LogP contribution in [0.1, 0.15) is 17.2 Å². The summed E-state index contributed by atoms with van der Waals surface area (Å²) < 4.78 is 6.08. The van der Waals surface area contributed by atoms with E-state index in [-0.39, 0.29) is 5.91 Å². The molecule has 0 bridgehead atoms. The van der Waals surface area contributed by atoms with E-state index in [1.165, 1.54) is 0 Å². The Morgan fingerprint density at radius 1 is 1.24 bits per heavy atom. The van der Waals surface area contributed by atoms with E-state index in [0.717, 1.165) is 27.0 Å². The number of hydrogen-bond donors (Lipinski definition) is 1. The molecule has 3 rings (SSSR count). The van der Waals surface area contributed by atoms with E-state index in [2.05, 4.69) is 15.9 Å². The topological polar surface area (TPSA) is 55.6 Å². The van der Waals surface area contributed by atoms with Crippen LogP contribution >= 0.6 is 15.9 Å². The smallest absolute Gasteiger partial charge is 0.248 e. The summed E-state index contributed by atoms with van der Waals surface area (Å²) >= 11 is 3.44. The van der Waals surface area contributed by atoms with Gasteiger partial charge in [0.15, 0.2) is 0 Å². The van der Waals surface area contributed by atoms with Gasteiger partial charge in [0, 0.05) is 10.0 Å². The van der Waals surface area contributed by atoms with Crippen LogP contribution in [-0.4, -0.2) is 13.0 Å². The predicted octanol–water partition coefficient (Wildman–Crippen LogP) is 3.00. The Bertz CT molecular complexity index is 685. The molecule has 2 aromatic rings. The van der Waals surface area contributed by atoms with Crippen LogP contribution in [0.2, 0.25) is 0 Å². The number of anilines is 1. The summed E-state index contributed by atoms with van der Waals surface area (Å²) in [5, 5.41) is 0. The monoisotopic (exact) mass is 346 g/mol. The second-order valence-corrected chi connectivity index (χ2v) is 5.87. The molecule has 0 saturated heterocycles. The van der Waals surface area contributed by atoms with Crippen molar-refractivity contribution in [2.24, 2.45) is 5.73 Å². The van der Waals surface area contributed by atoms with Crippen LogP contribution in [0.3, 0.4) is 0 Å². The number of hydrogen-bond acceptors (Lipinski definition) is 3. The van der Waals surface area contributed by atoms with E-state index < -0.39 is 6.04 Å². The van der Waals surface area contributed by atoms with Crippen molar-refractivity contribution in [3.05, 3.63) is 58.1 Å². The number of ether oxygens (including phenoxy) is 1. The summed E-state index contributed by atoms with van der Waals surface area (Å²) in [5.41, 5.74) is 8.78. The molecule has 5 heteroatoms. The second-order valence-electron chi connectivity index (χ2n) is 4.95. The van der Waals surface area contributed by atoms with Gasteiger partial charge in [-0.25, -0.2) is 0 Å².